The zero-order chi connectivity index (χ0) is 19.7. The average Bonchev–Trinajstić information content (AvgIpc) is 3.24. The van der Waals surface area contributed by atoms with E-state index in [1.807, 2.05) is 48.0 Å². The van der Waals surface area contributed by atoms with Gasteiger partial charge in [0.05, 0.1) is 12.1 Å². The summed E-state index contributed by atoms with van der Waals surface area (Å²) in [5.74, 6) is 0.723. The highest BCUT2D eigenvalue weighted by Gasteiger charge is 2.53. The molecule has 0 bridgehead atoms. The van der Waals surface area contributed by atoms with Crippen molar-refractivity contribution in [3.8, 4) is 5.75 Å². The molecule has 0 aliphatic carbocycles. The molecule has 4 rings (SSSR count). The average molecular weight is 387 g/mol. The summed E-state index contributed by atoms with van der Waals surface area (Å²) in [6.45, 7) is 5.43. The van der Waals surface area contributed by atoms with Crippen LogP contribution in [0.3, 0.4) is 0 Å². The molecule has 3 fully saturated rings. The highest BCUT2D eigenvalue weighted by Crippen LogP contribution is 2.37. The van der Waals surface area contributed by atoms with E-state index in [2.05, 4.69) is 4.90 Å². The Bertz CT molecular complexity index is 739. The summed E-state index contributed by atoms with van der Waals surface area (Å²) >= 11 is 0. The van der Waals surface area contributed by atoms with Crippen molar-refractivity contribution in [3.05, 3.63) is 29.8 Å². The molecule has 3 aliphatic heterocycles. The summed E-state index contributed by atoms with van der Waals surface area (Å²) < 4.78 is 11.3. The molecule has 152 valence electrons. The molecule has 0 N–H and O–H groups in total. The van der Waals surface area contributed by atoms with E-state index in [1.165, 1.54) is 0 Å². The summed E-state index contributed by atoms with van der Waals surface area (Å²) in [7, 11) is 1.86. The Balaban J connectivity index is 1.32. The first-order chi connectivity index (χ1) is 13.5. The van der Waals surface area contributed by atoms with Gasteiger partial charge in [-0.2, -0.15) is 0 Å². The Morgan fingerprint density at radius 2 is 2.11 bits per heavy atom. The van der Waals surface area contributed by atoms with Crippen molar-refractivity contribution < 1.29 is 19.1 Å². The maximum Gasteiger partial charge on any atom is 0.320 e. The van der Waals surface area contributed by atoms with Crippen LogP contribution in [-0.4, -0.2) is 84.7 Å². The molecule has 7 nitrogen and oxygen atoms in total. The van der Waals surface area contributed by atoms with Gasteiger partial charge < -0.3 is 24.2 Å². The lowest BCUT2D eigenvalue weighted by molar-refractivity contribution is -0.135. The highest BCUT2D eigenvalue weighted by atomic mass is 16.5. The van der Waals surface area contributed by atoms with Crippen molar-refractivity contribution in [2.45, 2.75) is 37.8 Å². The lowest BCUT2D eigenvalue weighted by atomic mass is 9.93. The monoisotopic (exact) mass is 387 g/mol. The number of carbonyl (C=O) groups is 2. The highest BCUT2D eigenvalue weighted by molar-refractivity contribution is 5.79. The van der Waals surface area contributed by atoms with E-state index in [4.69, 9.17) is 9.47 Å². The van der Waals surface area contributed by atoms with Gasteiger partial charge in [0, 0.05) is 39.3 Å². The standard InChI is InChI=1S/C21H29N3O4/c1-16-4-3-5-18(12-16)28-13-19(25)23-9-6-17(7-10-23)24-20(26)22(2)14-21(24)8-11-27-15-21/h3-5,12,17H,6-11,13-15H2,1-2H3. The van der Waals surface area contributed by atoms with Gasteiger partial charge in [-0.3, -0.25) is 4.79 Å². The molecule has 3 saturated heterocycles. The molecule has 1 aromatic carbocycles. The number of amides is 3. The third-order valence-corrected chi connectivity index (χ3v) is 6.19. The van der Waals surface area contributed by atoms with Crippen LogP contribution in [0.5, 0.6) is 5.75 Å². The lowest BCUT2D eigenvalue weighted by Crippen LogP contribution is -2.56. The van der Waals surface area contributed by atoms with E-state index in [0.29, 0.717) is 26.3 Å². The summed E-state index contributed by atoms with van der Waals surface area (Å²) in [5.41, 5.74) is 0.924. The summed E-state index contributed by atoms with van der Waals surface area (Å²) in [4.78, 5) is 31.0. The van der Waals surface area contributed by atoms with Crippen LogP contribution in [0.25, 0.3) is 0 Å². The number of likely N-dealkylation sites (N-methyl/N-ethyl adjacent to an activating group) is 1. The molecule has 0 radical (unpaired) electrons. The number of benzene rings is 1. The van der Waals surface area contributed by atoms with Gasteiger partial charge in [-0.15, -0.1) is 0 Å². The van der Waals surface area contributed by atoms with Crippen molar-refractivity contribution in [2.75, 3.05) is 46.5 Å². The molecule has 1 unspecified atom stereocenters. The van der Waals surface area contributed by atoms with Crippen molar-refractivity contribution in [3.63, 3.8) is 0 Å². The van der Waals surface area contributed by atoms with Gasteiger partial charge in [-0.25, -0.2) is 4.79 Å². The minimum atomic E-state index is -0.184. The van der Waals surface area contributed by atoms with E-state index in [9.17, 15) is 9.59 Å². The van der Waals surface area contributed by atoms with Crippen LogP contribution in [0.1, 0.15) is 24.8 Å². The largest absolute Gasteiger partial charge is 0.484 e. The van der Waals surface area contributed by atoms with Gasteiger partial charge in [-0.05, 0) is 43.9 Å². The topological polar surface area (TPSA) is 62.3 Å². The van der Waals surface area contributed by atoms with Gasteiger partial charge in [0.15, 0.2) is 6.61 Å². The first-order valence-corrected chi connectivity index (χ1v) is 10.1. The van der Waals surface area contributed by atoms with Crippen LogP contribution >= 0.6 is 0 Å². The van der Waals surface area contributed by atoms with Crippen LogP contribution < -0.4 is 4.74 Å². The van der Waals surface area contributed by atoms with Gasteiger partial charge >= 0.3 is 6.03 Å². The van der Waals surface area contributed by atoms with Crippen LogP contribution in [0.2, 0.25) is 0 Å². The van der Waals surface area contributed by atoms with Crippen LogP contribution in [0.15, 0.2) is 24.3 Å². The Labute approximate surface area is 166 Å². The molecule has 1 aromatic rings. The fraction of sp³-hybridized carbons (Fsp3) is 0.619. The smallest absolute Gasteiger partial charge is 0.320 e. The Hall–Kier alpha value is -2.28. The Kier molecular flexibility index (Phi) is 5.19. The molecule has 1 spiro atoms. The predicted molar refractivity (Wildman–Crippen MR) is 104 cm³/mol. The number of piperidine rings is 1. The second-order valence-electron chi connectivity index (χ2n) is 8.25. The fourth-order valence-corrected chi connectivity index (χ4v) is 4.74. The third-order valence-electron chi connectivity index (χ3n) is 6.19. The molecule has 1 atom stereocenters. The molecule has 3 aliphatic rings. The lowest BCUT2D eigenvalue weighted by Gasteiger charge is -2.42. The van der Waals surface area contributed by atoms with Gasteiger partial charge in [0.25, 0.3) is 5.91 Å². The number of likely N-dealkylation sites (tertiary alicyclic amines) is 1. The number of ether oxygens (including phenoxy) is 2. The Morgan fingerprint density at radius 1 is 1.32 bits per heavy atom. The number of nitrogens with zero attached hydrogens (tertiary/aromatic N) is 3. The zero-order valence-corrected chi connectivity index (χ0v) is 16.7. The van der Waals surface area contributed by atoms with Crippen molar-refractivity contribution in [1.82, 2.24) is 14.7 Å². The number of hydrogen-bond donors (Lipinski definition) is 0. The third kappa shape index (κ3) is 3.55. The maximum atomic E-state index is 12.8. The van der Waals surface area contributed by atoms with Crippen LogP contribution in [0, 0.1) is 6.92 Å². The van der Waals surface area contributed by atoms with E-state index in [1.54, 1.807) is 0 Å². The Morgan fingerprint density at radius 3 is 2.79 bits per heavy atom. The molecule has 0 saturated carbocycles. The van der Waals surface area contributed by atoms with Crippen LogP contribution in [-0.2, 0) is 9.53 Å². The van der Waals surface area contributed by atoms with Gasteiger partial charge in [-0.1, -0.05) is 12.1 Å². The van der Waals surface area contributed by atoms with E-state index < -0.39 is 0 Å². The molecule has 28 heavy (non-hydrogen) atoms. The number of hydrogen-bond acceptors (Lipinski definition) is 4. The van der Waals surface area contributed by atoms with Crippen molar-refractivity contribution >= 4 is 11.9 Å². The zero-order valence-electron chi connectivity index (χ0n) is 16.7. The van der Waals surface area contributed by atoms with Gasteiger partial charge in [0.1, 0.15) is 5.75 Å². The second-order valence-corrected chi connectivity index (χ2v) is 8.25. The molecule has 3 amide bonds. The van der Waals surface area contributed by atoms with Crippen molar-refractivity contribution in [2.24, 2.45) is 0 Å². The molecular weight excluding hydrogens is 358 g/mol. The maximum absolute atomic E-state index is 12.8. The van der Waals surface area contributed by atoms with E-state index >= 15 is 0 Å². The van der Waals surface area contributed by atoms with E-state index in [0.717, 1.165) is 37.1 Å². The first kappa shape index (κ1) is 19.1. The van der Waals surface area contributed by atoms with Gasteiger partial charge in [0.2, 0.25) is 0 Å². The first-order valence-electron chi connectivity index (χ1n) is 10.1. The van der Waals surface area contributed by atoms with Crippen LogP contribution in [0.4, 0.5) is 4.79 Å². The number of carbonyl (C=O) groups excluding carboxylic acids is 2. The minimum absolute atomic E-state index is 0.00346. The molecule has 0 aromatic heterocycles. The number of aryl methyl sites for hydroxylation is 1. The number of rotatable bonds is 4. The molecule has 7 heteroatoms. The van der Waals surface area contributed by atoms with E-state index in [-0.39, 0.29) is 30.1 Å². The summed E-state index contributed by atoms with van der Waals surface area (Å²) in [6, 6.07) is 7.98. The minimum Gasteiger partial charge on any atom is -0.484 e. The summed E-state index contributed by atoms with van der Waals surface area (Å²) in [6.07, 6.45) is 2.50. The number of urea groups is 1. The predicted octanol–water partition coefficient (Wildman–Crippen LogP) is 1.89. The summed E-state index contributed by atoms with van der Waals surface area (Å²) in [5, 5.41) is 0. The normalized spacial score (nSPS) is 25.8. The quantitative estimate of drug-likeness (QED) is 0.792. The van der Waals surface area contributed by atoms with Crippen molar-refractivity contribution in [1.29, 1.82) is 0 Å². The fourth-order valence-electron chi connectivity index (χ4n) is 4.74. The second kappa shape index (κ2) is 7.62. The molecular formula is C21H29N3O4. The SMILES string of the molecule is Cc1cccc(OCC(=O)N2CCC(N3C(=O)N(C)CC34CCOC4)CC2)c1. The molecule has 3 heterocycles.